The monoisotopic (exact) mass is 445 g/mol. The predicted octanol–water partition coefficient (Wildman–Crippen LogP) is 5.33. The van der Waals surface area contributed by atoms with Gasteiger partial charge in [-0.2, -0.15) is 0 Å². The van der Waals surface area contributed by atoms with E-state index in [1.165, 1.54) is 0 Å². The third-order valence-corrected chi connectivity index (χ3v) is 4.91. The molecule has 7 heteroatoms. The van der Waals surface area contributed by atoms with Crippen molar-refractivity contribution in [3.63, 3.8) is 0 Å². The number of nitrogens with one attached hydrogen (secondary N) is 2. The number of aromatic nitrogens is 1. The molecule has 0 saturated carbocycles. The molecule has 0 bridgehead atoms. The van der Waals surface area contributed by atoms with E-state index in [-0.39, 0.29) is 11.0 Å². The maximum Gasteiger partial charge on any atom is 0.257 e. The van der Waals surface area contributed by atoms with Gasteiger partial charge in [0.2, 0.25) is 0 Å². The average Bonchev–Trinajstić information content (AvgIpc) is 3.21. The van der Waals surface area contributed by atoms with Crippen molar-refractivity contribution in [2.75, 3.05) is 11.9 Å². The lowest BCUT2D eigenvalue weighted by atomic mass is 10.1. The lowest BCUT2D eigenvalue weighted by Crippen LogP contribution is -2.34. The summed E-state index contributed by atoms with van der Waals surface area (Å²) in [4.78, 5) is 17.0. The third-order valence-electron chi connectivity index (χ3n) is 4.70. The number of fused-ring (bicyclic) bond motifs is 1. The number of rotatable bonds is 7. The molecule has 0 fully saturated rings. The van der Waals surface area contributed by atoms with Crippen LogP contribution in [0.3, 0.4) is 0 Å². The molecule has 1 heterocycles. The molecule has 0 radical (unpaired) electrons. The van der Waals surface area contributed by atoms with E-state index >= 15 is 0 Å². The minimum absolute atomic E-state index is 0.224. The first-order valence-corrected chi connectivity index (χ1v) is 10.8. The molecular formula is C25H23N3O3S. The van der Waals surface area contributed by atoms with Gasteiger partial charge in [0.05, 0.1) is 6.61 Å². The van der Waals surface area contributed by atoms with Gasteiger partial charge in [-0.1, -0.05) is 37.3 Å². The highest BCUT2D eigenvalue weighted by Gasteiger charge is 2.10. The molecule has 3 aromatic carbocycles. The Hall–Kier alpha value is -3.71. The second-order valence-electron chi connectivity index (χ2n) is 7.23. The van der Waals surface area contributed by atoms with E-state index in [1.807, 2.05) is 61.5 Å². The van der Waals surface area contributed by atoms with Gasteiger partial charge in [0.25, 0.3) is 5.91 Å². The number of ether oxygens (including phenoxy) is 1. The summed E-state index contributed by atoms with van der Waals surface area (Å²) in [5.41, 5.74) is 3.95. The molecule has 6 nitrogen and oxygen atoms in total. The van der Waals surface area contributed by atoms with Crippen molar-refractivity contribution in [3.05, 3.63) is 89.8 Å². The molecule has 4 rings (SSSR count). The number of benzene rings is 3. The summed E-state index contributed by atoms with van der Waals surface area (Å²) in [5.74, 6) is 1.03. The van der Waals surface area contributed by atoms with Gasteiger partial charge in [-0.05, 0) is 66.7 Å². The van der Waals surface area contributed by atoms with Crippen LogP contribution in [0.4, 0.5) is 5.69 Å². The number of carbonyl (C=O) groups is 1. The summed E-state index contributed by atoms with van der Waals surface area (Å²) in [6.45, 7) is 2.64. The van der Waals surface area contributed by atoms with Crippen molar-refractivity contribution in [2.24, 2.45) is 0 Å². The number of amides is 1. The fourth-order valence-electron chi connectivity index (χ4n) is 3.16. The van der Waals surface area contributed by atoms with E-state index in [0.29, 0.717) is 30.2 Å². The average molecular weight is 446 g/mol. The number of hydrogen-bond acceptors (Lipinski definition) is 5. The van der Waals surface area contributed by atoms with Gasteiger partial charge in [-0.25, -0.2) is 4.98 Å². The van der Waals surface area contributed by atoms with E-state index in [2.05, 4.69) is 15.6 Å². The van der Waals surface area contributed by atoms with Gasteiger partial charge < -0.3 is 14.5 Å². The summed E-state index contributed by atoms with van der Waals surface area (Å²) < 4.78 is 11.4. The summed E-state index contributed by atoms with van der Waals surface area (Å²) >= 11 is 5.29. The highest BCUT2D eigenvalue weighted by molar-refractivity contribution is 7.80. The minimum Gasteiger partial charge on any atom is -0.494 e. The number of anilines is 1. The van der Waals surface area contributed by atoms with Crippen LogP contribution in [0, 0.1) is 0 Å². The van der Waals surface area contributed by atoms with Gasteiger partial charge in [-0.3, -0.25) is 10.1 Å². The first kappa shape index (κ1) is 21.5. The van der Waals surface area contributed by atoms with Crippen LogP contribution in [0.1, 0.15) is 35.2 Å². The van der Waals surface area contributed by atoms with E-state index in [4.69, 9.17) is 21.4 Å². The fourth-order valence-corrected chi connectivity index (χ4v) is 3.37. The van der Waals surface area contributed by atoms with Crippen molar-refractivity contribution in [2.45, 2.75) is 19.8 Å². The lowest BCUT2D eigenvalue weighted by molar-refractivity contribution is 0.0977. The van der Waals surface area contributed by atoms with E-state index in [9.17, 15) is 4.79 Å². The molecule has 0 atom stereocenters. The molecule has 0 aliphatic heterocycles. The molecule has 0 aliphatic carbocycles. The zero-order chi connectivity index (χ0) is 22.3. The molecule has 2 N–H and O–H groups in total. The first-order valence-electron chi connectivity index (χ1n) is 10.4. The summed E-state index contributed by atoms with van der Waals surface area (Å²) in [6, 6.07) is 22.5. The largest absolute Gasteiger partial charge is 0.494 e. The zero-order valence-corrected chi connectivity index (χ0v) is 18.4. The Balaban J connectivity index is 1.33. The number of nitrogens with zero attached hydrogens (tertiary/aromatic N) is 1. The van der Waals surface area contributed by atoms with Crippen molar-refractivity contribution >= 4 is 40.0 Å². The first-order chi connectivity index (χ1) is 15.6. The normalized spacial score (nSPS) is 10.7. The smallest absolute Gasteiger partial charge is 0.257 e. The highest BCUT2D eigenvalue weighted by Crippen LogP contribution is 2.19. The topological polar surface area (TPSA) is 76.4 Å². The minimum atomic E-state index is -0.294. The van der Waals surface area contributed by atoms with Crippen LogP contribution in [0.2, 0.25) is 0 Å². The Morgan fingerprint density at radius 2 is 1.88 bits per heavy atom. The number of para-hydroxylation sites is 2. The molecule has 1 amide bonds. The SMILES string of the molecule is CCCOc1cccc(C(=O)NC(=S)Nc2ccc(Cc3nc4ccccc4o3)cc2)c1. The Labute approximate surface area is 191 Å². The van der Waals surface area contributed by atoms with Crippen molar-refractivity contribution in [3.8, 4) is 5.75 Å². The Morgan fingerprint density at radius 1 is 1.06 bits per heavy atom. The van der Waals surface area contributed by atoms with Crippen molar-refractivity contribution in [1.29, 1.82) is 0 Å². The zero-order valence-electron chi connectivity index (χ0n) is 17.6. The second kappa shape index (κ2) is 10.1. The molecule has 0 unspecified atom stereocenters. The summed E-state index contributed by atoms with van der Waals surface area (Å²) in [7, 11) is 0. The van der Waals surface area contributed by atoms with Crippen LogP contribution in [0.25, 0.3) is 11.1 Å². The van der Waals surface area contributed by atoms with E-state index < -0.39 is 0 Å². The number of hydrogen-bond donors (Lipinski definition) is 2. The molecule has 162 valence electrons. The standard InChI is InChI=1S/C25H23N3O3S/c1-2-14-30-20-7-5-6-18(16-20)24(29)28-25(32)26-19-12-10-17(11-13-19)15-23-27-21-8-3-4-9-22(21)31-23/h3-13,16H,2,14-15H2,1H3,(H2,26,28,29,32). The van der Waals surface area contributed by atoms with E-state index in [0.717, 1.165) is 28.8 Å². The van der Waals surface area contributed by atoms with Crippen LogP contribution in [-0.4, -0.2) is 22.6 Å². The molecule has 0 saturated heterocycles. The van der Waals surface area contributed by atoms with Crippen LogP contribution >= 0.6 is 12.2 Å². The van der Waals surface area contributed by atoms with Gasteiger partial charge in [0, 0.05) is 17.7 Å². The summed E-state index contributed by atoms with van der Waals surface area (Å²) in [5, 5.41) is 5.96. The Morgan fingerprint density at radius 3 is 2.66 bits per heavy atom. The molecule has 32 heavy (non-hydrogen) atoms. The fraction of sp³-hybridized carbons (Fsp3) is 0.160. The van der Waals surface area contributed by atoms with Crippen LogP contribution < -0.4 is 15.4 Å². The predicted molar refractivity (Wildman–Crippen MR) is 129 cm³/mol. The van der Waals surface area contributed by atoms with Crippen molar-refractivity contribution < 1.29 is 13.9 Å². The molecule has 4 aromatic rings. The molecule has 0 aliphatic rings. The van der Waals surface area contributed by atoms with Gasteiger partial charge >= 0.3 is 0 Å². The van der Waals surface area contributed by atoms with Gasteiger partial charge in [-0.15, -0.1) is 0 Å². The van der Waals surface area contributed by atoms with Gasteiger partial charge in [0.15, 0.2) is 16.6 Å². The molecule has 0 spiro atoms. The number of carbonyl (C=O) groups excluding carboxylic acids is 1. The maximum atomic E-state index is 12.5. The Kier molecular flexibility index (Phi) is 6.77. The van der Waals surface area contributed by atoms with Crippen LogP contribution in [-0.2, 0) is 6.42 Å². The highest BCUT2D eigenvalue weighted by atomic mass is 32.1. The number of thiocarbonyl (C=S) groups is 1. The van der Waals surface area contributed by atoms with Crippen LogP contribution in [0.5, 0.6) is 5.75 Å². The third kappa shape index (κ3) is 5.50. The lowest BCUT2D eigenvalue weighted by Gasteiger charge is -2.11. The van der Waals surface area contributed by atoms with E-state index in [1.54, 1.807) is 18.2 Å². The number of oxazole rings is 1. The quantitative estimate of drug-likeness (QED) is 0.374. The van der Waals surface area contributed by atoms with Crippen LogP contribution in [0.15, 0.2) is 77.2 Å². The molecule has 1 aromatic heterocycles. The maximum absolute atomic E-state index is 12.5. The molecular weight excluding hydrogens is 422 g/mol. The van der Waals surface area contributed by atoms with Gasteiger partial charge in [0.1, 0.15) is 11.3 Å². The summed E-state index contributed by atoms with van der Waals surface area (Å²) in [6.07, 6.45) is 1.49. The second-order valence-corrected chi connectivity index (χ2v) is 7.64. The Bertz CT molecular complexity index is 1200. The van der Waals surface area contributed by atoms with Crippen molar-refractivity contribution in [1.82, 2.24) is 10.3 Å².